The third kappa shape index (κ3) is 1.68. The number of hydrogen-bond acceptors (Lipinski definition) is 3. The van der Waals surface area contributed by atoms with Gasteiger partial charge in [0.15, 0.2) is 0 Å². The molecule has 0 bridgehead atoms. The molecule has 0 saturated heterocycles. The highest BCUT2D eigenvalue weighted by molar-refractivity contribution is 5.98. The molecule has 0 aliphatic carbocycles. The molecule has 18 heavy (non-hydrogen) atoms. The molecule has 1 amide bonds. The lowest BCUT2D eigenvalue weighted by Crippen LogP contribution is -2.37. The molecule has 0 fully saturated rings. The summed E-state index contributed by atoms with van der Waals surface area (Å²) >= 11 is 0. The molecule has 0 aromatic heterocycles. The van der Waals surface area contributed by atoms with Crippen molar-refractivity contribution in [3.8, 4) is 5.75 Å². The minimum atomic E-state index is -0.534. The molecule has 1 atom stereocenters. The first-order chi connectivity index (χ1) is 8.75. The van der Waals surface area contributed by atoms with Crippen molar-refractivity contribution >= 4 is 11.6 Å². The lowest BCUT2D eigenvalue weighted by Gasteiger charge is -2.27. The van der Waals surface area contributed by atoms with Gasteiger partial charge < -0.3 is 15.8 Å². The van der Waals surface area contributed by atoms with E-state index in [1.807, 2.05) is 24.3 Å². The predicted octanol–water partition coefficient (Wildman–Crippen LogP) is 2.09. The van der Waals surface area contributed by atoms with Crippen LogP contribution in [0.5, 0.6) is 5.75 Å². The summed E-state index contributed by atoms with van der Waals surface area (Å²) in [6.45, 7) is 0. The number of rotatable bonds is 1. The van der Waals surface area contributed by atoms with Crippen molar-refractivity contribution in [1.29, 1.82) is 0 Å². The van der Waals surface area contributed by atoms with Gasteiger partial charge in [0.25, 0.3) is 5.91 Å². The summed E-state index contributed by atoms with van der Waals surface area (Å²) in [6, 6.07) is 14.5. The van der Waals surface area contributed by atoms with Crippen molar-refractivity contribution in [3.05, 3.63) is 59.7 Å². The molecule has 3 rings (SSSR count). The van der Waals surface area contributed by atoms with Gasteiger partial charge in [-0.15, -0.1) is 0 Å². The summed E-state index contributed by atoms with van der Waals surface area (Å²) in [5.41, 5.74) is 7.79. The SMILES string of the molecule is Nc1ccccc1[C@@H]1NC(=O)c2ccccc2O1. The van der Waals surface area contributed by atoms with Crippen LogP contribution in [0.4, 0.5) is 5.69 Å². The number of ether oxygens (including phenoxy) is 1. The molecule has 4 nitrogen and oxygen atoms in total. The lowest BCUT2D eigenvalue weighted by molar-refractivity contribution is 0.0757. The van der Waals surface area contributed by atoms with Gasteiger partial charge in [-0.3, -0.25) is 4.79 Å². The minimum absolute atomic E-state index is 0.148. The largest absolute Gasteiger partial charge is 0.465 e. The second-order valence-corrected chi connectivity index (χ2v) is 4.10. The van der Waals surface area contributed by atoms with Crippen molar-refractivity contribution in [2.45, 2.75) is 6.23 Å². The summed E-state index contributed by atoms with van der Waals surface area (Å²) < 4.78 is 5.76. The topological polar surface area (TPSA) is 64.3 Å². The summed E-state index contributed by atoms with van der Waals surface area (Å²) in [6.07, 6.45) is -0.534. The maximum atomic E-state index is 11.9. The van der Waals surface area contributed by atoms with E-state index in [0.29, 0.717) is 17.0 Å². The molecule has 2 aromatic carbocycles. The molecule has 4 heteroatoms. The normalized spacial score (nSPS) is 17.6. The Kier molecular flexibility index (Phi) is 2.41. The van der Waals surface area contributed by atoms with Gasteiger partial charge in [-0.2, -0.15) is 0 Å². The molecular weight excluding hydrogens is 228 g/mol. The van der Waals surface area contributed by atoms with Crippen molar-refractivity contribution in [2.75, 3.05) is 5.73 Å². The van der Waals surface area contributed by atoms with E-state index in [2.05, 4.69) is 5.32 Å². The van der Waals surface area contributed by atoms with Crippen LogP contribution in [-0.4, -0.2) is 5.91 Å². The zero-order valence-electron chi connectivity index (χ0n) is 9.59. The van der Waals surface area contributed by atoms with E-state index in [-0.39, 0.29) is 5.91 Å². The van der Waals surface area contributed by atoms with Gasteiger partial charge in [0.2, 0.25) is 6.23 Å². The van der Waals surface area contributed by atoms with Crippen molar-refractivity contribution in [3.63, 3.8) is 0 Å². The minimum Gasteiger partial charge on any atom is -0.465 e. The van der Waals surface area contributed by atoms with Crippen LogP contribution in [0.15, 0.2) is 48.5 Å². The first-order valence-electron chi connectivity index (χ1n) is 5.66. The second-order valence-electron chi connectivity index (χ2n) is 4.10. The Morgan fingerprint density at radius 2 is 1.78 bits per heavy atom. The van der Waals surface area contributed by atoms with Crippen LogP contribution in [0.1, 0.15) is 22.1 Å². The summed E-state index contributed by atoms with van der Waals surface area (Å²) in [7, 11) is 0. The van der Waals surface area contributed by atoms with E-state index in [9.17, 15) is 4.79 Å². The fourth-order valence-corrected chi connectivity index (χ4v) is 2.00. The summed E-state index contributed by atoms with van der Waals surface area (Å²) in [5, 5.41) is 2.79. The third-order valence-corrected chi connectivity index (χ3v) is 2.92. The fraction of sp³-hybridized carbons (Fsp3) is 0.0714. The molecule has 0 saturated carbocycles. The lowest BCUT2D eigenvalue weighted by atomic mass is 10.1. The molecule has 90 valence electrons. The first kappa shape index (κ1) is 10.7. The van der Waals surface area contributed by atoms with Crippen LogP contribution < -0.4 is 15.8 Å². The van der Waals surface area contributed by atoms with Crippen LogP contribution in [0.2, 0.25) is 0 Å². The average Bonchev–Trinajstić information content (AvgIpc) is 2.39. The Morgan fingerprint density at radius 1 is 1.06 bits per heavy atom. The van der Waals surface area contributed by atoms with E-state index >= 15 is 0 Å². The van der Waals surface area contributed by atoms with Crippen LogP contribution in [-0.2, 0) is 0 Å². The monoisotopic (exact) mass is 240 g/mol. The number of benzene rings is 2. The second kappa shape index (κ2) is 4.07. The number of carbonyl (C=O) groups excluding carboxylic acids is 1. The molecule has 1 aliphatic rings. The van der Waals surface area contributed by atoms with Gasteiger partial charge in [-0.05, 0) is 18.2 Å². The molecule has 1 aliphatic heterocycles. The number of nitrogens with two attached hydrogens (primary N) is 1. The van der Waals surface area contributed by atoms with Crippen LogP contribution in [0, 0.1) is 0 Å². The standard InChI is InChI=1S/C14H12N2O2/c15-11-7-3-1-5-9(11)14-16-13(17)10-6-2-4-8-12(10)18-14/h1-8,14H,15H2,(H,16,17)/t14-/m1/s1. The Balaban J connectivity index is 2.00. The Bertz CT molecular complexity index is 610. The van der Waals surface area contributed by atoms with E-state index < -0.39 is 6.23 Å². The van der Waals surface area contributed by atoms with Gasteiger partial charge in [0, 0.05) is 11.3 Å². The van der Waals surface area contributed by atoms with Gasteiger partial charge in [0.1, 0.15) is 5.75 Å². The molecule has 0 unspecified atom stereocenters. The molecule has 2 aromatic rings. The van der Waals surface area contributed by atoms with Crippen molar-refractivity contribution < 1.29 is 9.53 Å². The highest BCUT2D eigenvalue weighted by Gasteiger charge is 2.27. The molecule has 1 heterocycles. The average molecular weight is 240 g/mol. The Labute approximate surface area is 104 Å². The molecule has 3 N–H and O–H groups in total. The number of carbonyl (C=O) groups is 1. The molecule has 0 radical (unpaired) electrons. The van der Waals surface area contributed by atoms with E-state index in [4.69, 9.17) is 10.5 Å². The maximum absolute atomic E-state index is 11.9. The number of amides is 1. The highest BCUT2D eigenvalue weighted by Crippen LogP contribution is 2.30. The predicted molar refractivity (Wildman–Crippen MR) is 68.1 cm³/mol. The number of para-hydroxylation sites is 2. The van der Waals surface area contributed by atoms with Gasteiger partial charge in [-0.1, -0.05) is 30.3 Å². The summed E-state index contributed by atoms with van der Waals surface area (Å²) in [4.78, 5) is 11.9. The number of fused-ring (bicyclic) bond motifs is 1. The zero-order valence-corrected chi connectivity index (χ0v) is 9.59. The van der Waals surface area contributed by atoms with Gasteiger partial charge in [0.05, 0.1) is 5.56 Å². The maximum Gasteiger partial charge on any atom is 0.258 e. The number of nitrogens with one attached hydrogen (secondary N) is 1. The Morgan fingerprint density at radius 3 is 2.61 bits per heavy atom. The van der Waals surface area contributed by atoms with E-state index in [1.165, 1.54) is 0 Å². The molecular formula is C14H12N2O2. The van der Waals surface area contributed by atoms with Gasteiger partial charge >= 0.3 is 0 Å². The summed E-state index contributed by atoms with van der Waals surface area (Å²) in [5.74, 6) is 0.430. The van der Waals surface area contributed by atoms with Gasteiger partial charge in [-0.25, -0.2) is 0 Å². The Hall–Kier alpha value is -2.49. The number of anilines is 1. The fourth-order valence-electron chi connectivity index (χ4n) is 2.00. The van der Waals surface area contributed by atoms with Crippen molar-refractivity contribution in [1.82, 2.24) is 5.32 Å². The third-order valence-electron chi connectivity index (χ3n) is 2.92. The van der Waals surface area contributed by atoms with E-state index in [1.54, 1.807) is 24.3 Å². The van der Waals surface area contributed by atoms with Crippen LogP contribution >= 0.6 is 0 Å². The molecule has 0 spiro atoms. The van der Waals surface area contributed by atoms with Crippen molar-refractivity contribution in [2.24, 2.45) is 0 Å². The number of hydrogen-bond donors (Lipinski definition) is 2. The first-order valence-corrected chi connectivity index (χ1v) is 5.66. The smallest absolute Gasteiger partial charge is 0.258 e. The quantitative estimate of drug-likeness (QED) is 0.750. The zero-order chi connectivity index (χ0) is 12.5. The van der Waals surface area contributed by atoms with Crippen LogP contribution in [0.25, 0.3) is 0 Å². The highest BCUT2D eigenvalue weighted by atomic mass is 16.5. The van der Waals surface area contributed by atoms with Crippen LogP contribution in [0.3, 0.4) is 0 Å². The van der Waals surface area contributed by atoms with E-state index in [0.717, 1.165) is 5.56 Å². The number of nitrogen functional groups attached to an aromatic ring is 1.